The van der Waals surface area contributed by atoms with Gasteiger partial charge in [-0.25, -0.2) is 9.37 Å². The fourth-order valence-corrected chi connectivity index (χ4v) is 2.13. The second-order valence-corrected chi connectivity index (χ2v) is 4.85. The predicted molar refractivity (Wildman–Crippen MR) is 81.5 cm³/mol. The van der Waals surface area contributed by atoms with Crippen LogP contribution in [0.3, 0.4) is 0 Å². The molecule has 0 radical (unpaired) electrons. The predicted octanol–water partition coefficient (Wildman–Crippen LogP) is 2.62. The molecule has 2 aromatic carbocycles. The Labute approximate surface area is 124 Å². The Kier molecular flexibility index (Phi) is 3.42. The Balaban J connectivity index is 1.99. The van der Waals surface area contributed by atoms with Crippen molar-refractivity contribution in [2.24, 2.45) is 0 Å². The van der Waals surface area contributed by atoms with Crippen molar-refractivity contribution in [2.75, 3.05) is 5.32 Å². The zero-order chi connectivity index (χ0) is 15.7. The van der Waals surface area contributed by atoms with E-state index in [1.807, 2.05) is 0 Å². The maximum atomic E-state index is 13.5. The van der Waals surface area contributed by atoms with Crippen LogP contribution in [0, 0.1) is 12.7 Å². The summed E-state index contributed by atoms with van der Waals surface area (Å²) in [6.45, 7) is 1.62. The lowest BCUT2D eigenvalue weighted by Crippen LogP contribution is -2.14. The van der Waals surface area contributed by atoms with Crippen LogP contribution in [0.5, 0.6) is 0 Å². The number of anilines is 1. The largest absolute Gasteiger partial charge is 0.320 e. The highest BCUT2D eigenvalue weighted by molar-refractivity contribution is 6.08. The van der Waals surface area contributed by atoms with E-state index in [1.165, 1.54) is 18.5 Å². The van der Waals surface area contributed by atoms with Crippen LogP contribution in [0.15, 0.2) is 47.5 Å². The van der Waals surface area contributed by atoms with Gasteiger partial charge >= 0.3 is 0 Å². The molecule has 0 unspecified atom stereocenters. The van der Waals surface area contributed by atoms with E-state index >= 15 is 0 Å². The molecule has 0 saturated carbocycles. The highest BCUT2D eigenvalue weighted by Crippen LogP contribution is 2.19. The van der Waals surface area contributed by atoms with Crippen molar-refractivity contribution in [3.8, 4) is 0 Å². The lowest BCUT2D eigenvalue weighted by atomic mass is 10.1. The number of amides is 1. The van der Waals surface area contributed by atoms with Gasteiger partial charge in [-0.05, 0) is 36.8 Å². The third kappa shape index (κ3) is 2.46. The standard InChI is InChI=1S/C16H12FN3O2/c1-9-5-6-10(7-12(9)17)15(21)20-13-4-2-3-11-14(13)18-8-19-16(11)22/h2-8H,1H3,(H,20,21)(H,18,19,22). The van der Waals surface area contributed by atoms with Crippen molar-refractivity contribution in [1.29, 1.82) is 0 Å². The van der Waals surface area contributed by atoms with Gasteiger partial charge in [0.1, 0.15) is 11.3 Å². The van der Waals surface area contributed by atoms with Crippen molar-refractivity contribution < 1.29 is 9.18 Å². The number of rotatable bonds is 2. The van der Waals surface area contributed by atoms with Crippen LogP contribution in [0.25, 0.3) is 10.9 Å². The molecule has 1 amide bonds. The minimum atomic E-state index is -0.464. The number of carbonyl (C=O) groups excluding carboxylic acids is 1. The summed E-state index contributed by atoms with van der Waals surface area (Å²) in [6.07, 6.45) is 1.27. The molecule has 1 aromatic heterocycles. The van der Waals surface area contributed by atoms with E-state index in [0.29, 0.717) is 22.2 Å². The molecule has 3 aromatic rings. The van der Waals surface area contributed by atoms with Gasteiger partial charge in [0.25, 0.3) is 11.5 Å². The number of H-pyrrole nitrogens is 1. The Morgan fingerprint density at radius 2 is 2.09 bits per heavy atom. The van der Waals surface area contributed by atoms with Crippen LogP contribution in [-0.4, -0.2) is 15.9 Å². The molecule has 2 N–H and O–H groups in total. The van der Waals surface area contributed by atoms with Gasteiger partial charge < -0.3 is 10.3 Å². The molecule has 0 aliphatic rings. The third-order valence-corrected chi connectivity index (χ3v) is 3.35. The van der Waals surface area contributed by atoms with E-state index in [1.54, 1.807) is 31.2 Å². The zero-order valence-corrected chi connectivity index (χ0v) is 11.7. The fourth-order valence-electron chi connectivity index (χ4n) is 2.13. The summed E-state index contributed by atoms with van der Waals surface area (Å²) in [7, 11) is 0. The summed E-state index contributed by atoms with van der Waals surface area (Å²) in [4.78, 5) is 30.5. The molecular weight excluding hydrogens is 285 g/mol. The average molecular weight is 297 g/mol. The number of halogens is 1. The Morgan fingerprint density at radius 1 is 1.27 bits per heavy atom. The van der Waals surface area contributed by atoms with Crippen molar-refractivity contribution in [3.63, 3.8) is 0 Å². The number of nitrogens with one attached hydrogen (secondary N) is 2. The van der Waals surface area contributed by atoms with Crippen molar-refractivity contribution >= 4 is 22.5 Å². The Bertz CT molecular complexity index is 934. The number of nitrogens with zero attached hydrogens (tertiary/aromatic N) is 1. The van der Waals surface area contributed by atoms with Gasteiger partial charge in [0, 0.05) is 5.56 Å². The number of fused-ring (bicyclic) bond motifs is 1. The Morgan fingerprint density at radius 3 is 2.86 bits per heavy atom. The molecule has 0 fully saturated rings. The second-order valence-electron chi connectivity index (χ2n) is 4.85. The number of hydrogen-bond donors (Lipinski definition) is 2. The van der Waals surface area contributed by atoms with Crippen LogP contribution in [0.1, 0.15) is 15.9 Å². The first kappa shape index (κ1) is 13.9. The lowest BCUT2D eigenvalue weighted by Gasteiger charge is -2.08. The van der Waals surface area contributed by atoms with Crippen molar-refractivity contribution in [2.45, 2.75) is 6.92 Å². The molecule has 22 heavy (non-hydrogen) atoms. The molecule has 0 spiro atoms. The number of aromatic nitrogens is 2. The molecule has 6 heteroatoms. The molecular formula is C16H12FN3O2. The SMILES string of the molecule is Cc1ccc(C(=O)Nc2cccc3c(=O)[nH]cnc23)cc1F. The van der Waals surface area contributed by atoms with Crippen LogP contribution in [0.4, 0.5) is 10.1 Å². The van der Waals surface area contributed by atoms with Crippen LogP contribution < -0.4 is 10.9 Å². The highest BCUT2D eigenvalue weighted by Gasteiger charge is 2.11. The lowest BCUT2D eigenvalue weighted by molar-refractivity contribution is 0.102. The molecule has 3 rings (SSSR count). The first-order valence-corrected chi connectivity index (χ1v) is 6.60. The minimum absolute atomic E-state index is 0.199. The molecule has 0 saturated heterocycles. The monoisotopic (exact) mass is 297 g/mol. The maximum Gasteiger partial charge on any atom is 0.258 e. The summed E-state index contributed by atoms with van der Waals surface area (Å²) in [5.74, 6) is -0.909. The molecule has 0 bridgehead atoms. The number of carbonyl (C=O) groups is 1. The van der Waals surface area contributed by atoms with E-state index in [-0.39, 0.29) is 11.1 Å². The van der Waals surface area contributed by atoms with E-state index < -0.39 is 11.7 Å². The summed E-state index contributed by atoms with van der Waals surface area (Å²) in [5.41, 5.74) is 1.16. The minimum Gasteiger partial charge on any atom is -0.320 e. The van der Waals surface area contributed by atoms with Crippen molar-refractivity contribution in [3.05, 3.63) is 70.0 Å². The molecule has 110 valence electrons. The van der Waals surface area contributed by atoms with Crippen LogP contribution in [0.2, 0.25) is 0 Å². The van der Waals surface area contributed by atoms with Gasteiger partial charge in [-0.3, -0.25) is 9.59 Å². The summed E-state index contributed by atoms with van der Waals surface area (Å²) in [6, 6.07) is 9.15. The topological polar surface area (TPSA) is 74.8 Å². The zero-order valence-electron chi connectivity index (χ0n) is 11.7. The average Bonchev–Trinajstić information content (AvgIpc) is 2.51. The van der Waals surface area contributed by atoms with Crippen LogP contribution >= 0.6 is 0 Å². The number of para-hydroxylation sites is 1. The smallest absolute Gasteiger partial charge is 0.258 e. The maximum absolute atomic E-state index is 13.5. The molecule has 5 nitrogen and oxygen atoms in total. The summed E-state index contributed by atoms with van der Waals surface area (Å²) in [5, 5.41) is 3.02. The van der Waals surface area contributed by atoms with Gasteiger partial charge in [0.15, 0.2) is 0 Å². The van der Waals surface area contributed by atoms with E-state index in [2.05, 4.69) is 15.3 Å². The second kappa shape index (κ2) is 5.40. The van der Waals surface area contributed by atoms with Gasteiger partial charge in [0.2, 0.25) is 0 Å². The highest BCUT2D eigenvalue weighted by atomic mass is 19.1. The fraction of sp³-hybridized carbons (Fsp3) is 0.0625. The first-order valence-electron chi connectivity index (χ1n) is 6.60. The number of benzene rings is 2. The molecule has 0 aliphatic heterocycles. The van der Waals surface area contributed by atoms with E-state index in [9.17, 15) is 14.0 Å². The molecule has 1 heterocycles. The van der Waals surface area contributed by atoms with Gasteiger partial charge in [-0.15, -0.1) is 0 Å². The van der Waals surface area contributed by atoms with Gasteiger partial charge in [-0.1, -0.05) is 12.1 Å². The number of hydrogen-bond acceptors (Lipinski definition) is 3. The molecule has 0 atom stereocenters. The van der Waals surface area contributed by atoms with Crippen molar-refractivity contribution in [1.82, 2.24) is 9.97 Å². The number of aromatic amines is 1. The van der Waals surface area contributed by atoms with Gasteiger partial charge in [0.05, 0.1) is 17.4 Å². The summed E-state index contributed by atoms with van der Waals surface area (Å²) >= 11 is 0. The third-order valence-electron chi connectivity index (χ3n) is 3.35. The quantitative estimate of drug-likeness (QED) is 0.763. The van der Waals surface area contributed by atoms with Gasteiger partial charge in [-0.2, -0.15) is 0 Å². The first-order chi connectivity index (χ1) is 10.6. The van der Waals surface area contributed by atoms with E-state index in [0.717, 1.165) is 0 Å². The molecule has 0 aliphatic carbocycles. The summed E-state index contributed by atoms with van der Waals surface area (Å²) < 4.78 is 13.5. The van der Waals surface area contributed by atoms with E-state index in [4.69, 9.17) is 0 Å². The normalized spacial score (nSPS) is 10.6. The number of aryl methyl sites for hydroxylation is 1. The Hall–Kier alpha value is -3.02. The van der Waals surface area contributed by atoms with Crippen LogP contribution in [-0.2, 0) is 0 Å².